The summed E-state index contributed by atoms with van der Waals surface area (Å²) in [6.45, 7) is 0. The van der Waals surface area contributed by atoms with Crippen LogP contribution >= 0.6 is 0 Å². The molecule has 0 spiro atoms. The highest BCUT2D eigenvalue weighted by Gasteiger charge is 2.10. The van der Waals surface area contributed by atoms with Gasteiger partial charge in [-0.2, -0.15) is 0 Å². The van der Waals surface area contributed by atoms with Crippen molar-refractivity contribution >= 4 is 22.8 Å². The second-order valence-electron chi connectivity index (χ2n) is 5.09. The largest absolute Gasteiger partial charge is 0.493 e. The molecule has 0 bridgehead atoms. The van der Waals surface area contributed by atoms with Crippen LogP contribution in [0, 0.1) is 0 Å². The van der Waals surface area contributed by atoms with Gasteiger partial charge in [-0.1, -0.05) is 0 Å². The molecule has 2 aromatic carbocycles. The summed E-state index contributed by atoms with van der Waals surface area (Å²) in [5, 5.41) is 2.65. The topological polar surface area (TPSA) is 74.6 Å². The number of carbonyl (C=O) groups is 1. The highest BCUT2D eigenvalue weighted by Crippen LogP contribution is 2.30. The number of ether oxygens (including phenoxy) is 3. The van der Waals surface area contributed by atoms with Gasteiger partial charge in [0.1, 0.15) is 5.75 Å². The number of hydrogen-bond donors (Lipinski definition) is 1. The number of benzene rings is 2. The number of carbonyl (C=O) groups excluding carboxylic acids is 1. The highest BCUT2D eigenvalue weighted by atomic mass is 16.6. The molecule has 0 fully saturated rings. The molecule has 3 rings (SSSR count). The standard InChI is InChI=1S/C17H17N3O4/c1-20-10-18-13-9-12(5-6-14(13)20)24-17(21)19-11-4-7-15(22-2)16(8-11)23-3/h4-10H,1-3H3,(H,19,21). The lowest BCUT2D eigenvalue weighted by molar-refractivity contribution is 0.215. The molecule has 0 unspecified atom stereocenters. The molecule has 0 aliphatic heterocycles. The summed E-state index contributed by atoms with van der Waals surface area (Å²) < 4.78 is 17.5. The molecule has 124 valence electrons. The number of rotatable bonds is 4. The number of methoxy groups -OCH3 is 2. The molecule has 7 heteroatoms. The van der Waals surface area contributed by atoms with Gasteiger partial charge in [-0.25, -0.2) is 9.78 Å². The van der Waals surface area contributed by atoms with Gasteiger partial charge < -0.3 is 18.8 Å². The first-order valence-corrected chi connectivity index (χ1v) is 7.22. The van der Waals surface area contributed by atoms with Gasteiger partial charge in [-0.3, -0.25) is 5.32 Å². The summed E-state index contributed by atoms with van der Waals surface area (Å²) in [5.74, 6) is 1.52. The molecule has 1 heterocycles. The van der Waals surface area contributed by atoms with Crippen molar-refractivity contribution < 1.29 is 19.0 Å². The number of anilines is 1. The van der Waals surface area contributed by atoms with Crippen LogP contribution in [0.3, 0.4) is 0 Å². The van der Waals surface area contributed by atoms with E-state index in [1.807, 2.05) is 17.7 Å². The predicted molar refractivity (Wildman–Crippen MR) is 89.9 cm³/mol. The molecule has 24 heavy (non-hydrogen) atoms. The quantitative estimate of drug-likeness (QED) is 0.796. The smallest absolute Gasteiger partial charge is 0.417 e. The van der Waals surface area contributed by atoms with Crippen LogP contribution in [0.1, 0.15) is 0 Å². The Bertz CT molecular complexity index is 889. The van der Waals surface area contributed by atoms with Crippen molar-refractivity contribution in [3.8, 4) is 17.2 Å². The lowest BCUT2D eigenvalue weighted by Gasteiger charge is -2.10. The van der Waals surface area contributed by atoms with Crippen LogP contribution in [0.25, 0.3) is 11.0 Å². The number of amides is 1. The Labute approximate surface area is 138 Å². The summed E-state index contributed by atoms with van der Waals surface area (Å²) in [5.41, 5.74) is 2.26. The van der Waals surface area contributed by atoms with E-state index in [1.165, 1.54) is 7.11 Å². The summed E-state index contributed by atoms with van der Waals surface area (Å²) in [6, 6.07) is 10.3. The minimum atomic E-state index is -0.600. The predicted octanol–water partition coefficient (Wildman–Crippen LogP) is 3.20. The van der Waals surface area contributed by atoms with Gasteiger partial charge in [0.2, 0.25) is 0 Å². The SMILES string of the molecule is COc1ccc(NC(=O)Oc2ccc3c(c2)ncn3C)cc1OC. The summed E-state index contributed by atoms with van der Waals surface area (Å²) in [7, 11) is 4.98. The Morgan fingerprint density at radius 1 is 1.08 bits per heavy atom. The molecule has 0 aliphatic carbocycles. The van der Waals surface area contributed by atoms with Gasteiger partial charge in [0.25, 0.3) is 0 Å². The molecule has 3 aromatic rings. The van der Waals surface area contributed by atoms with Gasteiger partial charge in [-0.15, -0.1) is 0 Å². The maximum Gasteiger partial charge on any atom is 0.417 e. The molecule has 0 saturated carbocycles. The molecule has 1 N–H and O–H groups in total. The zero-order chi connectivity index (χ0) is 17.1. The van der Waals surface area contributed by atoms with Crippen molar-refractivity contribution in [1.29, 1.82) is 0 Å². The fourth-order valence-electron chi connectivity index (χ4n) is 2.34. The third-order valence-corrected chi connectivity index (χ3v) is 3.54. The van der Waals surface area contributed by atoms with Crippen LogP contribution < -0.4 is 19.5 Å². The zero-order valence-corrected chi connectivity index (χ0v) is 13.6. The lowest BCUT2D eigenvalue weighted by atomic mass is 10.3. The normalized spacial score (nSPS) is 10.5. The fourth-order valence-corrected chi connectivity index (χ4v) is 2.34. The third kappa shape index (κ3) is 3.10. The van der Waals surface area contributed by atoms with Crippen LogP contribution in [0.5, 0.6) is 17.2 Å². The fraction of sp³-hybridized carbons (Fsp3) is 0.176. The highest BCUT2D eigenvalue weighted by molar-refractivity contribution is 5.87. The average Bonchev–Trinajstić information content (AvgIpc) is 2.95. The van der Waals surface area contributed by atoms with Crippen molar-refractivity contribution in [1.82, 2.24) is 9.55 Å². The van der Waals surface area contributed by atoms with E-state index in [4.69, 9.17) is 14.2 Å². The number of hydrogen-bond acceptors (Lipinski definition) is 5. The number of aryl methyl sites for hydroxylation is 1. The van der Waals surface area contributed by atoms with Crippen LogP contribution in [-0.4, -0.2) is 29.9 Å². The molecule has 7 nitrogen and oxygen atoms in total. The second kappa shape index (κ2) is 6.49. The van der Waals surface area contributed by atoms with Gasteiger partial charge in [0, 0.05) is 24.9 Å². The first-order chi connectivity index (χ1) is 11.6. The van der Waals surface area contributed by atoms with E-state index in [0.717, 1.165) is 11.0 Å². The van der Waals surface area contributed by atoms with E-state index < -0.39 is 6.09 Å². The van der Waals surface area contributed by atoms with Crippen molar-refractivity contribution in [3.05, 3.63) is 42.7 Å². The first kappa shape index (κ1) is 15.7. The summed E-state index contributed by atoms with van der Waals surface area (Å²) in [6.07, 6.45) is 1.11. The Balaban J connectivity index is 1.72. The number of imidazole rings is 1. The van der Waals surface area contributed by atoms with Crippen LogP contribution in [0.2, 0.25) is 0 Å². The summed E-state index contributed by atoms with van der Waals surface area (Å²) >= 11 is 0. The molecule has 1 aromatic heterocycles. The van der Waals surface area contributed by atoms with Gasteiger partial charge in [0.05, 0.1) is 31.6 Å². The van der Waals surface area contributed by atoms with E-state index in [2.05, 4.69) is 10.3 Å². The van der Waals surface area contributed by atoms with E-state index in [9.17, 15) is 4.79 Å². The molecule has 0 saturated heterocycles. The van der Waals surface area contributed by atoms with Crippen LogP contribution in [0.4, 0.5) is 10.5 Å². The number of nitrogens with zero attached hydrogens (tertiary/aromatic N) is 2. The monoisotopic (exact) mass is 327 g/mol. The van der Waals surface area contributed by atoms with Crippen molar-refractivity contribution in [2.75, 3.05) is 19.5 Å². The Morgan fingerprint density at radius 2 is 1.88 bits per heavy atom. The van der Waals surface area contributed by atoms with Crippen molar-refractivity contribution in [2.24, 2.45) is 7.05 Å². The number of fused-ring (bicyclic) bond motifs is 1. The van der Waals surface area contributed by atoms with E-state index in [-0.39, 0.29) is 0 Å². The minimum absolute atomic E-state index is 0.416. The zero-order valence-electron chi connectivity index (χ0n) is 13.6. The Morgan fingerprint density at radius 3 is 2.62 bits per heavy atom. The van der Waals surface area contributed by atoms with E-state index in [1.54, 1.807) is 43.8 Å². The van der Waals surface area contributed by atoms with Gasteiger partial charge >= 0.3 is 6.09 Å². The Hall–Kier alpha value is -3.22. The molecular weight excluding hydrogens is 310 g/mol. The second-order valence-corrected chi connectivity index (χ2v) is 5.09. The van der Waals surface area contributed by atoms with Crippen LogP contribution in [0.15, 0.2) is 42.7 Å². The first-order valence-electron chi connectivity index (χ1n) is 7.22. The van der Waals surface area contributed by atoms with E-state index in [0.29, 0.717) is 22.9 Å². The maximum absolute atomic E-state index is 12.0. The molecule has 0 aliphatic rings. The molecule has 0 atom stereocenters. The van der Waals surface area contributed by atoms with Gasteiger partial charge in [0.15, 0.2) is 11.5 Å². The average molecular weight is 327 g/mol. The third-order valence-electron chi connectivity index (χ3n) is 3.54. The lowest BCUT2D eigenvalue weighted by Crippen LogP contribution is -2.16. The molecule has 0 radical (unpaired) electrons. The van der Waals surface area contributed by atoms with Gasteiger partial charge in [-0.05, 0) is 24.3 Å². The number of aromatic nitrogens is 2. The number of nitrogens with one attached hydrogen (secondary N) is 1. The minimum Gasteiger partial charge on any atom is -0.493 e. The van der Waals surface area contributed by atoms with E-state index >= 15 is 0 Å². The van der Waals surface area contributed by atoms with Crippen molar-refractivity contribution in [2.45, 2.75) is 0 Å². The van der Waals surface area contributed by atoms with Crippen molar-refractivity contribution in [3.63, 3.8) is 0 Å². The molecule has 1 amide bonds. The summed E-state index contributed by atoms with van der Waals surface area (Å²) in [4.78, 5) is 16.3. The maximum atomic E-state index is 12.0. The van der Waals surface area contributed by atoms with Crippen LogP contribution in [-0.2, 0) is 7.05 Å². The Kier molecular flexibility index (Phi) is 4.24. The molecular formula is C17H17N3O4.